The van der Waals surface area contributed by atoms with Crippen molar-refractivity contribution in [3.8, 4) is 0 Å². The van der Waals surface area contributed by atoms with Crippen LogP contribution in [0.1, 0.15) is 45.1 Å². The number of unbranched alkanes of at least 4 members (excludes halogenated alkanes) is 1. The van der Waals surface area contributed by atoms with Gasteiger partial charge in [-0.2, -0.15) is 0 Å². The van der Waals surface area contributed by atoms with Gasteiger partial charge in [0.05, 0.1) is 6.10 Å². The first-order valence-corrected chi connectivity index (χ1v) is 6.48. The Morgan fingerprint density at radius 1 is 1.12 bits per heavy atom. The largest absolute Gasteiger partial charge is 0.378 e. The fraction of sp³-hybridized carbons (Fsp3) is 0.600. The monoisotopic (exact) mass is 220 g/mol. The Labute approximate surface area is 99.8 Å². The molecule has 1 heteroatoms. The molecule has 1 atom stereocenters. The van der Waals surface area contributed by atoms with Crippen LogP contribution in [0.25, 0.3) is 0 Å². The van der Waals surface area contributed by atoms with E-state index in [0.717, 1.165) is 19.4 Å². The first-order valence-electron chi connectivity index (χ1n) is 6.48. The summed E-state index contributed by atoms with van der Waals surface area (Å²) in [5.74, 6) is 0. The molecule has 0 aliphatic rings. The molecule has 1 unspecified atom stereocenters. The van der Waals surface area contributed by atoms with E-state index in [1.54, 1.807) is 0 Å². The molecule has 0 N–H and O–H groups in total. The highest BCUT2D eigenvalue weighted by Crippen LogP contribution is 2.06. The van der Waals surface area contributed by atoms with E-state index < -0.39 is 0 Å². The highest BCUT2D eigenvalue weighted by Gasteiger charge is 2.00. The van der Waals surface area contributed by atoms with Crippen LogP contribution in [0, 0.1) is 0 Å². The quantitative estimate of drug-likeness (QED) is 0.596. The predicted molar refractivity (Wildman–Crippen MR) is 69.7 cm³/mol. The Bertz CT molecular complexity index is 255. The van der Waals surface area contributed by atoms with Crippen LogP contribution in [0.3, 0.4) is 0 Å². The average Bonchev–Trinajstić information content (AvgIpc) is 2.33. The molecule has 1 rings (SSSR count). The van der Waals surface area contributed by atoms with Crippen LogP contribution in [0.4, 0.5) is 0 Å². The summed E-state index contributed by atoms with van der Waals surface area (Å²) >= 11 is 0. The Morgan fingerprint density at radius 2 is 1.88 bits per heavy atom. The van der Waals surface area contributed by atoms with Crippen molar-refractivity contribution in [2.24, 2.45) is 0 Å². The van der Waals surface area contributed by atoms with E-state index >= 15 is 0 Å². The molecular formula is C15H24O. The lowest BCUT2D eigenvalue weighted by Gasteiger charge is -2.12. The number of hydrogen-bond donors (Lipinski definition) is 0. The highest BCUT2D eigenvalue weighted by molar-refractivity contribution is 5.14. The van der Waals surface area contributed by atoms with Crippen LogP contribution in [0.2, 0.25) is 0 Å². The number of ether oxygens (including phenoxy) is 1. The zero-order valence-corrected chi connectivity index (χ0v) is 10.6. The van der Waals surface area contributed by atoms with E-state index in [1.165, 1.54) is 24.8 Å². The summed E-state index contributed by atoms with van der Waals surface area (Å²) in [6.07, 6.45) is 6.41. The minimum atomic E-state index is 0.427. The number of aryl methyl sites for hydroxylation is 1. The Hall–Kier alpha value is -0.820. The second-order valence-corrected chi connectivity index (χ2v) is 4.41. The van der Waals surface area contributed by atoms with Crippen molar-refractivity contribution in [3.05, 3.63) is 35.9 Å². The molecule has 16 heavy (non-hydrogen) atoms. The van der Waals surface area contributed by atoms with Crippen LogP contribution in [-0.2, 0) is 11.2 Å². The number of benzene rings is 1. The van der Waals surface area contributed by atoms with Crippen LogP contribution >= 0.6 is 0 Å². The van der Waals surface area contributed by atoms with Gasteiger partial charge in [0.2, 0.25) is 0 Å². The van der Waals surface area contributed by atoms with Crippen LogP contribution in [0.15, 0.2) is 30.3 Å². The van der Waals surface area contributed by atoms with Crippen molar-refractivity contribution < 1.29 is 4.74 Å². The fourth-order valence-corrected chi connectivity index (χ4v) is 1.78. The molecule has 1 aromatic carbocycles. The van der Waals surface area contributed by atoms with E-state index in [2.05, 4.69) is 44.2 Å². The summed E-state index contributed by atoms with van der Waals surface area (Å²) in [5.41, 5.74) is 1.41. The molecule has 0 radical (unpaired) electrons. The van der Waals surface area contributed by atoms with Crippen molar-refractivity contribution in [2.45, 2.75) is 52.1 Å². The van der Waals surface area contributed by atoms with E-state index in [1.807, 2.05) is 0 Å². The summed E-state index contributed by atoms with van der Waals surface area (Å²) in [4.78, 5) is 0. The standard InChI is InChI=1S/C15H24O/c1-3-4-9-14(2)16-13-8-12-15-10-6-5-7-11-15/h5-7,10-11,14H,3-4,8-9,12-13H2,1-2H3. The van der Waals surface area contributed by atoms with Gasteiger partial charge in [-0.05, 0) is 31.7 Å². The first kappa shape index (κ1) is 13.2. The average molecular weight is 220 g/mol. The first-order chi connectivity index (χ1) is 7.83. The summed E-state index contributed by atoms with van der Waals surface area (Å²) in [5, 5.41) is 0. The van der Waals surface area contributed by atoms with Crippen molar-refractivity contribution >= 4 is 0 Å². The summed E-state index contributed by atoms with van der Waals surface area (Å²) in [7, 11) is 0. The van der Waals surface area contributed by atoms with E-state index in [9.17, 15) is 0 Å². The maximum atomic E-state index is 5.77. The highest BCUT2D eigenvalue weighted by atomic mass is 16.5. The van der Waals surface area contributed by atoms with Gasteiger partial charge >= 0.3 is 0 Å². The van der Waals surface area contributed by atoms with Crippen molar-refractivity contribution in [2.75, 3.05) is 6.61 Å². The maximum absolute atomic E-state index is 5.77. The Morgan fingerprint density at radius 3 is 2.56 bits per heavy atom. The molecule has 0 aliphatic heterocycles. The van der Waals surface area contributed by atoms with Crippen molar-refractivity contribution in [1.29, 1.82) is 0 Å². The van der Waals surface area contributed by atoms with Gasteiger partial charge in [0.1, 0.15) is 0 Å². The van der Waals surface area contributed by atoms with Crippen LogP contribution in [0.5, 0.6) is 0 Å². The lowest BCUT2D eigenvalue weighted by Crippen LogP contribution is -2.09. The fourth-order valence-electron chi connectivity index (χ4n) is 1.78. The third kappa shape index (κ3) is 5.92. The molecule has 0 amide bonds. The SMILES string of the molecule is CCCCC(C)OCCCc1ccccc1. The summed E-state index contributed by atoms with van der Waals surface area (Å²) in [6.45, 7) is 5.29. The molecule has 0 aromatic heterocycles. The minimum absolute atomic E-state index is 0.427. The van der Waals surface area contributed by atoms with Gasteiger partial charge < -0.3 is 4.74 Å². The molecule has 1 aromatic rings. The normalized spacial score (nSPS) is 12.6. The molecule has 90 valence electrons. The minimum Gasteiger partial charge on any atom is -0.378 e. The molecule has 0 saturated heterocycles. The van der Waals surface area contributed by atoms with E-state index in [0.29, 0.717) is 6.10 Å². The van der Waals surface area contributed by atoms with Crippen LogP contribution in [-0.4, -0.2) is 12.7 Å². The molecule has 1 nitrogen and oxygen atoms in total. The molecular weight excluding hydrogens is 196 g/mol. The Kier molecular flexibility index (Phi) is 6.91. The van der Waals surface area contributed by atoms with Gasteiger partial charge in [-0.3, -0.25) is 0 Å². The molecule has 0 bridgehead atoms. The van der Waals surface area contributed by atoms with Gasteiger partial charge in [-0.1, -0.05) is 50.1 Å². The van der Waals surface area contributed by atoms with Gasteiger partial charge in [-0.15, -0.1) is 0 Å². The van der Waals surface area contributed by atoms with Gasteiger partial charge in [0.25, 0.3) is 0 Å². The smallest absolute Gasteiger partial charge is 0.0547 e. The maximum Gasteiger partial charge on any atom is 0.0547 e. The van der Waals surface area contributed by atoms with E-state index in [4.69, 9.17) is 4.74 Å². The van der Waals surface area contributed by atoms with Crippen LogP contribution < -0.4 is 0 Å². The lowest BCUT2D eigenvalue weighted by molar-refractivity contribution is 0.0573. The predicted octanol–water partition coefficient (Wildman–Crippen LogP) is 4.21. The molecule has 0 aliphatic carbocycles. The number of rotatable bonds is 8. The van der Waals surface area contributed by atoms with Gasteiger partial charge in [0.15, 0.2) is 0 Å². The van der Waals surface area contributed by atoms with Crippen molar-refractivity contribution in [1.82, 2.24) is 0 Å². The third-order valence-electron chi connectivity index (χ3n) is 2.82. The van der Waals surface area contributed by atoms with Gasteiger partial charge in [0, 0.05) is 6.61 Å². The molecule has 0 spiro atoms. The van der Waals surface area contributed by atoms with Crippen molar-refractivity contribution in [3.63, 3.8) is 0 Å². The second kappa shape index (κ2) is 8.35. The second-order valence-electron chi connectivity index (χ2n) is 4.41. The van der Waals surface area contributed by atoms with Gasteiger partial charge in [-0.25, -0.2) is 0 Å². The third-order valence-corrected chi connectivity index (χ3v) is 2.82. The molecule has 0 fully saturated rings. The molecule has 0 saturated carbocycles. The molecule has 0 heterocycles. The zero-order chi connectivity index (χ0) is 11.6. The lowest BCUT2D eigenvalue weighted by atomic mass is 10.1. The zero-order valence-electron chi connectivity index (χ0n) is 10.6. The summed E-state index contributed by atoms with van der Waals surface area (Å²) in [6, 6.07) is 10.6. The topological polar surface area (TPSA) is 9.23 Å². The number of hydrogen-bond acceptors (Lipinski definition) is 1. The van der Waals surface area contributed by atoms with E-state index in [-0.39, 0.29) is 0 Å². The summed E-state index contributed by atoms with van der Waals surface area (Å²) < 4.78 is 5.77. The Balaban J connectivity index is 2.03.